The summed E-state index contributed by atoms with van der Waals surface area (Å²) in [5.74, 6) is -1.43. The number of aryl methyl sites for hydroxylation is 3. The van der Waals surface area contributed by atoms with Gasteiger partial charge < -0.3 is 29.7 Å². The summed E-state index contributed by atoms with van der Waals surface area (Å²) in [5, 5.41) is 11.6. The van der Waals surface area contributed by atoms with E-state index in [1.54, 1.807) is 24.8 Å². The fraction of sp³-hybridized carbons (Fsp3) is 0.462. The minimum absolute atomic E-state index is 0.222. The molecule has 194 valence electrons. The van der Waals surface area contributed by atoms with Gasteiger partial charge in [-0.25, -0.2) is 9.78 Å². The standard InChI is InChI=1S/C26H34N4O6/c1-16-12-17(2)14-20(13-16)29-8-10-30(11-9-29)26(34)28-22-15-21(18(3)27-25(22)35-5)19(4)36-24(33)7-6-23(31)32/h12-15,19H,6-11H2,1-5H3,(H,28,34)(H,31,32). The predicted molar refractivity (Wildman–Crippen MR) is 136 cm³/mol. The number of carboxylic acid groups (broad SMARTS) is 1. The van der Waals surface area contributed by atoms with Crippen LogP contribution in [0.2, 0.25) is 0 Å². The van der Waals surface area contributed by atoms with Gasteiger partial charge in [-0.15, -0.1) is 0 Å². The first-order chi connectivity index (χ1) is 17.1. The van der Waals surface area contributed by atoms with Gasteiger partial charge >= 0.3 is 18.0 Å². The van der Waals surface area contributed by atoms with Crippen molar-refractivity contribution in [2.45, 2.75) is 46.6 Å². The second kappa shape index (κ2) is 11.7. The third kappa shape index (κ3) is 6.87. The van der Waals surface area contributed by atoms with Crippen molar-refractivity contribution in [3.05, 3.63) is 46.6 Å². The molecule has 2 N–H and O–H groups in total. The minimum atomic E-state index is -1.07. The molecule has 2 heterocycles. The van der Waals surface area contributed by atoms with Crippen molar-refractivity contribution in [3.8, 4) is 5.88 Å². The van der Waals surface area contributed by atoms with E-state index in [0.717, 1.165) is 5.69 Å². The van der Waals surface area contributed by atoms with Gasteiger partial charge in [-0.05, 0) is 57.0 Å². The normalized spacial score (nSPS) is 14.2. The number of carbonyl (C=O) groups is 3. The fourth-order valence-electron chi connectivity index (χ4n) is 4.28. The number of aromatic nitrogens is 1. The lowest BCUT2D eigenvalue weighted by Crippen LogP contribution is -2.50. The third-order valence-electron chi connectivity index (χ3n) is 6.08. The molecule has 10 heteroatoms. The Morgan fingerprint density at radius 2 is 1.67 bits per heavy atom. The number of benzene rings is 1. The van der Waals surface area contributed by atoms with Gasteiger partial charge in [0, 0.05) is 43.1 Å². The van der Waals surface area contributed by atoms with Gasteiger partial charge in [-0.3, -0.25) is 9.59 Å². The van der Waals surface area contributed by atoms with E-state index in [1.165, 1.54) is 18.2 Å². The van der Waals surface area contributed by atoms with Crippen molar-refractivity contribution in [3.63, 3.8) is 0 Å². The van der Waals surface area contributed by atoms with Gasteiger partial charge in [-0.2, -0.15) is 0 Å². The van der Waals surface area contributed by atoms with Gasteiger partial charge in [0.05, 0.1) is 20.0 Å². The summed E-state index contributed by atoms with van der Waals surface area (Å²) >= 11 is 0. The first kappa shape index (κ1) is 26.8. The molecule has 0 spiro atoms. The summed E-state index contributed by atoms with van der Waals surface area (Å²) < 4.78 is 10.7. The van der Waals surface area contributed by atoms with Crippen molar-refractivity contribution in [1.82, 2.24) is 9.88 Å². The van der Waals surface area contributed by atoms with Crippen molar-refractivity contribution in [2.75, 3.05) is 43.5 Å². The lowest BCUT2D eigenvalue weighted by Gasteiger charge is -2.36. The number of amides is 2. The zero-order chi connectivity index (χ0) is 26.4. The van der Waals surface area contributed by atoms with Crippen LogP contribution < -0.4 is 15.0 Å². The van der Waals surface area contributed by atoms with Crippen molar-refractivity contribution in [2.24, 2.45) is 0 Å². The molecule has 1 saturated heterocycles. The summed E-state index contributed by atoms with van der Waals surface area (Å²) in [7, 11) is 1.47. The molecule has 2 amide bonds. The molecule has 1 atom stereocenters. The van der Waals surface area contributed by atoms with Crippen LogP contribution in [0.3, 0.4) is 0 Å². The van der Waals surface area contributed by atoms with Crippen LogP contribution in [0, 0.1) is 20.8 Å². The average Bonchev–Trinajstić information content (AvgIpc) is 2.82. The second-order valence-corrected chi connectivity index (χ2v) is 9.00. The van der Waals surface area contributed by atoms with E-state index in [4.69, 9.17) is 14.6 Å². The highest BCUT2D eigenvalue weighted by Gasteiger charge is 2.24. The summed E-state index contributed by atoms with van der Waals surface area (Å²) in [6, 6.07) is 7.87. The molecule has 0 radical (unpaired) electrons. The molecule has 2 aromatic rings. The number of piperazine rings is 1. The van der Waals surface area contributed by atoms with Crippen molar-refractivity contribution in [1.29, 1.82) is 0 Å². The number of nitrogens with one attached hydrogen (secondary N) is 1. The van der Waals surface area contributed by atoms with Gasteiger partial charge in [0.2, 0.25) is 5.88 Å². The van der Waals surface area contributed by atoms with Crippen molar-refractivity contribution >= 4 is 29.3 Å². The van der Waals surface area contributed by atoms with Crippen LogP contribution in [0.5, 0.6) is 5.88 Å². The van der Waals surface area contributed by atoms with Crippen LogP contribution >= 0.6 is 0 Å². The zero-order valence-corrected chi connectivity index (χ0v) is 21.5. The van der Waals surface area contributed by atoms with E-state index >= 15 is 0 Å². The lowest BCUT2D eigenvalue weighted by molar-refractivity contribution is -0.151. The van der Waals surface area contributed by atoms with E-state index in [9.17, 15) is 14.4 Å². The Morgan fingerprint density at radius 3 is 2.25 bits per heavy atom. The number of carbonyl (C=O) groups excluding carboxylic acids is 2. The molecule has 1 aliphatic heterocycles. The quantitative estimate of drug-likeness (QED) is 0.527. The molecule has 0 bridgehead atoms. The number of carboxylic acids is 1. The second-order valence-electron chi connectivity index (χ2n) is 9.00. The summed E-state index contributed by atoms with van der Waals surface area (Å²) in [6.07, 6.45) is -1.20. The van der Waals surface area contributed by atoms with Crippen LogP contribution in [0.4, 0.5) is 16.2 Å². The first-order valence-corrected chi connectivity index (χ1v) is 11.9. The Hall–Kier alpha value is -3.82. The average molecular weight is 499 g/mol. The summed E-state index contributed by atoms with van der Waals surface area (Å²) in [6.45, 7) is 10.1. The third-order valence-corrected chi connectivity index (χ3v) is 6.08. The number of pyridine rings is 1. The molecule has 36 heavy (non-hydrogen) atoms. The van der Waals surface area contributed by atoms with Crippen LogP contribution in [0.1, 0.15) is 48.3 Å². The molecule has 0 aliphatic carbocycles. The fourth-order valence-corrected chi connectivity index (χ4v) is 4.28. The van der Waals surface area contributed by atoms with Gasteiger partial charge in [0.1, 0.15) is 11.8 Å². The Labute approximate surface area is 211 Å². The van der Waals surface area contributed by atoms with Crippen LogP contribution in [0.25, 0.3) is 0 Å². The molecule has 0 saturated carbocycles. The molecule has 1 aliphatic rings. The summed E-state index contributed by atoms with van der Waals surface area (Å²) in [5.41, 5.74) is 5.12. The number of methoxy groups -OCH3 is 1. The van der Waals surface area contributed by atoms with Crippen LogP contribution in [-0.2, 0) is 14.3 Å². The number of urea groups is 1. The lowest BCUT2D eigenvalue weighted by atomic mass is 10.1. The Balaban J connectivity index is 1.66. The summed E-state index contributed by atoms with van der Waals surface area (Å²) in [4.78, 5) is 44.2. The SMILES string of the molecule is COc1nc(C)c(C(C)OC(=O)CCC(=O)O)cc1NC(=O)N1CCN(c2cc(C)cc(C)c2)CC1. The maximum atomic E-state index is 13.1. The number of ether oxygens (including phenoxy) is 2. The van der Waals surface area contributed by atoms with Crippen molar-refractivity contribution < 1.29 is 29.0 Å². The minimum Gasteiger partial charge on any atom is -0.481 e. The number of anilines is 2. The van der Waals surface area contributed by atoms with Crippen LogP contribution in [-0.4, -0.2) is 66.2 Å². The monoisotopic (exact) mass is 498 g/mol. The smallest absolute Gasteiger partial charge is 0.322 e. The number of aliphatic carboxylic acids is 1. The van der Waals surface area contributed by atoms with E-state index in [1.807, 2.05) is 0 Å². The zero-order valence-electron chi connectivity index (χ0n) is 21.5. The Bertz CT molecular complexity index is 1110. The molecule has 1 unspecified atom stereocenters. The molecule has 10 nitrogen and oxygen atoms in total. The number of nitrogens with zero attached hydrogens (tertiary/aromatic N) is 3. The van der Waals surface area contributed by atoms with E-state index in [2.05, 4.69) is 47.2 Å². The molecule has 1 fully saturated rings. The molecule has 1 aromatic heterocycles. The highest BCUT2D eigenvalue weighted by molar-refractivity contribution is 5.91. The number of rotatable bonds is 8. The maximum absolute atomic E-state index is 13.1. The molecular weight excluding hydrogens is 464 g/mol. The largest absolute Gasteiger partial charge is 0.481 e. The first-order valence-electron chi connectivity index (χ1n) is 11.9. The molecule has 1 aromatic carbocycles. The topological polar surface area (TPSA) is 121 Å². The maximum Gasteiger partial charge on any atom is 0.322 e. The highest BCUT2D eigenvalue weighted by Crippen LogP contribution is 2.30. The Morgan fingerprint density at radius 1 is 1.03 bits per heavy atom. The number of hydrogen-bond donors (Lipinski definition) is 2. The Kier molecular flexibility index (Phi) is 8.73. The molecular formula is C26H34N4O6. The highest BCUT2D eigenvalue weighted by atomic mass is 16.5. The number of hydrogen-bond acceptors (Lipinski definition) is 7. The number of esters is 1. The van der Waals surface area contributed by atoms with Gasteiger partial charge in [-0.1, -0.05) is 6.07 Å². The predicted octanol–water partition coefficient (Wildman–Crippen LogP) is 3.84. The van der Waals surface area contributed by atoms with E-state index in [0.29, 0.717) is 43.1 Å². The van der Waals surface area contributed by atoms with Crippen LogP contribution in [0.15, 0.2) is 24.3 Å². The van der Waals surface area contributed by atoms with E-state index < -0.39 is 18.0 Å². The van der Waals surface area contributed by atoms with E-state index in [-0.39, 0.29) is 24.8 Å². The molecule has 3 rings (SSSR count). The van der Waals surface area contributed by atoms with Gasteiger partial charge in [0.25, 0.3) is 0 Å². The van der Waals surface area contributed by atoms with Gasteiger partial charge in [0.15, 0.2) is 0 Å².